The lowest BCUT2D eigenvalue weighted by atomic mass is 10.1. The summed E-state index contributed by atoms with van der Waals surface area (Å²) in [5, 5.41) is 13.9. The predicted molar refractivity (Wildman–Crippen MR) is 86.0 cm³/mol. The predicted octanol–water partition coefficient (Wildman–Crippen LogP) is 3.58. The molecule has 1 aliphatic rings. The lowest BCUT2D eigenvalue weighted by Gasteiger charge is -2.13. The van der Waals surface area contributed by atoms with Gasteiger partial charge >= 0.3 is 5.97 Å². The van der Waals surface area contributed by atoms with Crippen LogP contribution in [-0.4, -0.2) is 28.6 Å². The quantitative estimate of drug-likeness (QED) is 0.856. The first-order chi connectivity index (χ1) is 9.65. The van der Waals surface area contributed by atoms with E-state index in [0.717, 1.165) is 22.2 Å². The van der Waals surface area contributed by atoms with Crippen LogP contribution < -0.4 is 5.32 Å². The molecule has 2 aromatic rings. The molecular formula is C15H17NO2S2. The molecule has 1 saturated carbocycles. The summed E-state index contributed by atoms with van der Waals surface area (Å²) in [5.74, 6) is -0.825. The zero-order valence-corrected chi connectivity index (χ0v) is 12.9. The average Bonchev–Trinajstić information content (AvgIpc) is 3.13. The summed E-state index contributed by atoms with van der Waals surface area (Å²) >= 11 is 3.28. The standard InChI is InChI=1S/C15H17NO2S2/c1-19-15(6-7-15)9-16-8-11-10-4-2-3-5-12(10)20-13(11)14(17)18/h2-5,16H,6-9H2,1H3,(H,17,18). The molecule has 0 bridgehead atoms. The van der Waals surface area contributed by atoms with Crippen molar-refractivity contribution in [2.45, 2.75) is 24.1 Å². The zero-order chi connectivity index (χ0) is 14.2. The van der Waals surface area contributed by atoms with Gasteiger partial charge < -0.3 is 10.4 Å². The number of thiophene rings is 1. The summed E-state index contributed by atoms with van der Waals surface area (Å²) in [6.07, 6.45) is 4.67. The number of rotatable bonds is 6. The molecule has 0 unspecified atom stereocenters. The van der Waals surface area contributed by atoms with Crippen LogP contribution in [0.15, 0.2) is 24.3 Å². The summed E-state index contributed by atoms with van der Waals surface area (Å²) in [5.41, 5.74) is 0.926. The van der Waals surface area contributed by atoms with E-state index in [1.807, 2.05) is 36.0 Å². The second-order valence-electron chi connectivity index (χ2n) is 5.20. The minimum Gasteiger partial charge on any atom is -0.477 e. The molecule has 0 aliphatic heterocycles. The van der Waals surface area contributed by atoms with Gasteiger partial charge in [0.25, 0.3) is 0 Å². The van der Waals surface area contributed by atoms with E-state index in [1.165, 1.54) is 24.2 Å². The van der Waals surface area contributed by atoms with E-state index >= 15 is 0 Å². The van der Waals surface area contributed by atoms with Crippen molar-refractivity contribution in [3.05, 3.63) is 34.7 Å². The number of carboxylic acid groups (broad SMARTS) is 1. The Hall–Kier alpha value is -1.04. The van der Waals surface area contributed by atoms with Gasteiger partial charge in [0.15, 0.2) is 0 Å². The van der Waals surface area contributed by atoms with Crippen LogP contribution in [0.25, 0.3) is 10.1 Å². The molecule has 0 spiro atoms. The van der Waals surface area contributed by atoms with Gasteiger partial charge in [-0.1, -0.05) is 18.2 Å². The Morgan fingerprint density at radius 2 is 2.20 bits per heavy atom. The molecule has 1 aromatic carbocycles. The van der Waals surface area contributed by atoms with E-state index < -0.39 is 5.97 Å². The second-order valence-corrected chi connectivity index (χ2v) is 7.53. The van der Waals surface area contributed by atoms with Crippen LogP contribution in [0.2, 0.25) is 0 Å². The van der Waals surface area contributed by atoms with Gasteiger partial charge in [-0.2, -0.15) is 11.8 Å². The molecule has 0 amide bonds. The third kappa shape index (κ3) is 2.57. The van der Waals surface area contributed by atoms with Gasteiger partial charge in [0.05, 0.1) is 0 Å². The van der Waals surface area contributed by atoms with Crippen LogP contribution in [0.5, 0.6) is 0 Å². The van der Waals surface area contributed by atoms with Gasteiger partial charge in [-0.15, -0.1) is 11.3 Å². The fourth-order valence-corrected chi connectivity index (χ4v) is 4.27. The Balaban J connectivity index is 1.82. The number of carboxylic acids is 1. The van der Waals surface area contributed by atoms with Gasteiger partial charge in [-0.3, -0.25) is 0 Å². The molecule has 1 aromatic heterocycles. The first kappa shape index (κ1) is 13.9. The third-order valence-electron chi connectivity index (χ3n) is 3.88. The molecule has 5 heteroatoms. The SMILES string of the molecule is CSC1(CNCc2c(C(=O)O)sc3ccccc23)CC1. The molecule has 3 rings (SSSR count). The Bertz CT molecular complexity index is 646. The summed E-state index contributed by atoms with van der Waals surface area (Å²) in [6.45, 7) is 1.59. The van der Waals surface area contributed by atoms with Crippen molar-refractivity contribution in [3.63, 3.8) is 0 Å². The van der Waals surface area contributed by atoms with E-state index in [2.05, 4.69) is 11.6 Å². The molecule has 0 radical (unpaired) electrons. The van der Waals surface area contributed by atoms with Crippen LogP contribution in [0.3, 0.4) is 0 Å². The Kier molecular flexibility index (Phi) is 3.75. The molecule has 1 fully saturated rings. The number of fused-ring (bicyclic) bond motifs is 1. The van der Waals surface area contributed by atoms with Gasteiger partial charge in [-0.05, 0) is 36.1 Å². The van der Waals surface area contributed by atoms with Crippen molar-refractivity contribution in [2.24, 2.45) is 0 Å². The number of hydrogen-bond donors (Lipinski definition) is 2. The lowest BCUT2D eigenvalue weighted by Crippen LogP contribution is -2.25. The first-order valence-electron chi connectivity index (χ1n) is 6.65. The summed E-state index contributed by atoms with van der Waals surface area (Å²) in [6, 6.07) is 7.92. The summed E-state index contributed by atoms with van der Waals surface area (Å²) in [4.78, 5) is 11.9. The van der Waals surface area contributed by atoms with Crippen molar-refractivity contribution < 1.29 is 9.90 Å². The largest absolute Gasteiger partial charge is 0.477 e. The normalized spacial score (nSPS) is 16.4. The number of carbonyl (C=O) groups is 1. The van der Waals surface area contributed by atoms with Crippen molar-refractivity contribution in [2.75, 3.05) is 12.8 Å². The monoisotopic (exact) mass is 307 g/mol. The Morgan fingerprint density at radius 3 is 2.85 bits per heavy atom. The fourth-order valence-electron chi connectivity index (χ4n) is 2.45. The zero-order valence-electron chi connectivity index (χ0n) is 11.3. The number of aromatic carboxylic acids is 1. The highest BCUT2D eigenvalue weighted by Crippen LogP contribution is 2.46. The number of hydrogen-bond acceptors (Lipinski definition) is 4. The highest BCUT2D eigenvalue weighted by atomic mass is 32.2. The molecular weight excluding hydrogens is 290 g/mol. The number of nitrogens with one attached hydrogen (secondary N) is 1. The molecule has 3 nitrogen and oxygen atoms in total. The molecule has 2 N–H and O–H groups in total. The topological polar surface area (TPSA) is 49.3 Å². The fraction of sp³-hybridized carbons (Fsp3) is 0.400. The maximum atomic E-state index is 11.4. The Morgan fingerprint density at radius 1 is 1.45 bits per heavy atom. The van der Waals surface area contributed by atoms with Crippen molar-refractivity contribution >= 4 is 39.2 Å². The van der Waals surface area contributed by atoms with Crippen LogP contribution in [0, 0.1) is 0 Å². The molecule has 1 heterocycles. The number of benzene rings is 1. The first-order valence-corrected chi connectivity index (χ1v) is 8.69. The lowest BCUT2D eigenvalue weighted by molar-refractivity contribution is 0.0701. The highest BCUT2D eigenvalue weighted by Gasteiger charge is 2.41. The van der Waals surface area contributed by atoms with Crippen LogP contribution >= 0.6 is 23.1 Å². The summed E-state index contributed by atoms with van der Waals surface area (Å²) in [7, 11) is 0. The van der Waals surface area contributed by atoms with Gasteiger partial charge in [0.1, 0.15) is 4.88 Å². The minimum absolute atomic E-state index is 0.398. The van der Waals surface area contributed by atoms with E-state index in [-0.39, 0.29) is 0 Å². The van der Waals surface area contributed by atoms with Gasteiger partial charge in [0, 0.05) is 22.5 Å². The van der Waals surface area contributed by atoms with Crippen LogP contribution in [-0.2, 0) is 6.54 Å². The highest BCUT2D eigenvalue weighted by molar-refractivity contribution is 8.00. The van der Waals surface area contributed by atoms with Crippen LogP contribution in [0.4, 0.5) is 0 Å². The van der Waals surface area contributed by atoms with E-state index in [1.54, 1.807) is 0 Å². The molecule has 106 valence electrons. The molecule has 1 aliphatic carbocycles. The van der Waals surface area contributed by atoms with Crippen LogP contribution in [0.1, 0.15) is 28.1 Å². The third-order valence-corrected chi connectivity index (χ3v) is 6.50. The number of thioether (sulfide) groups is 1. The van der Waals surface area contributed by atoms with Gasteiger partial charge in [-0.25, -0.2) is 4.79 Å². The van der Waals surface area contributed by atoms with E-state index in [4.69, 9.17) is 0 Å². The maximum absolute atomic E-state index is 11.4. The second kappa shape index (κ2) is 5.39. The smallest absolute Gasteiger partial charge is 0.346 e. The molecule has 20 heavy (non-hydrogen) atoms. The van der Waals surface area contributed by atoms with Crippen molar-refractivity contribution in [3.8, 4) is 0 Å². The van der Waals surface area contributed by atoms with Crippen molar-refractivity contribution in [1.29, 1.82) is 0 Å². The summed E-state index contributed by atoms with van der Waals surface area (Å²) < 4.78 is 1.45. The van der Waals surface area contributed by atoms with Gasteiger partial charge in [0.2, 0.25) is 0 Å². The minimum atomic E-state index is -0.825. The van der Waals surface area contributed by atoms with E-state index in [9.17, 15) is 9.90 Å². The molecule has 0 saturated heterocycles. The molecule has 0 atom stereocenters. The average molecular weight is 307 g/mol. The van der Waals surface area contributed by atoms with E-state index in [0.29, 0.717) is 16.2 Å². The maximum Gasteiger partial charge on any atom is 0.346 e. The Labute approximate surface area is 126 Å². The van der Waals surface area contributed by atoms with Crippen molar-refractivity contribution in [1.82, 2.24) is 5.32 Å².